The Morgan fingerprint density at radius 1 is 1.00 bits per heavy atom. The van der Waals surface area contributed by atoms with Crippen LogP contribution in [0.3, 0.4) is 0 Å². The van der Waals surface area contributed by atoms with Crippen molar-refractivity contribution in [2.24, 2.45) is 0 Å². The number of ether oxygens (including phenoxy) is 2. The third-order valence-corrected chi connectivity index (χ3v) is 2.38. The molecule has 0 aromatic rings. The Morgan fingerprint density at radius 2 is 1.75 bits per heavy atom. The van der Waals surface area contributed by atoms with Gasteiger partial charge in [-0.05, 0) is 46.0 Å². The van der Waals surface area contributed by atoms with Crippen LogP contribution in [-0.4, -0.2) is 12.7 Å². The first kappa shape index (κ1) is 15.1. The smallest absolute Gasteiger partial charge is 0.0975 e. The molecule has 0 aromatic heterocycles. The van der Waals surface area contributed by atoms with Crippen LogP contribution in [0, 0.1) is 0 Å². The van der Waals surface area contributed by atoms with Crippen LogP contribution in [-0.2, 0) is 9.47 Å². The Kier molecular flexibility index (Phi) is 11.5. The molecule has 2 heteroatoms. The Morgan fingerprint density at radius 3 is 2.38 bits per heavy atom. The zero-order valence-corrected chi connectivity index (χ0v) is 10.9. The second-order valence-corrected chi connectivity index (χ2v) is 3.83. The van der Waals surface area contributed by atoms with Crippen molar-refractivity contribution < 1.29 is 9.47 Å². The van der Waals surface area contributed by atoms with E-state index in [4.69, 9.17) is 9.47 Å². The van der Waals surface area contributed by atoms with Crippen molar-refractivity contribution in [3.8, 4) is 0 Å². The molecule has 0 heterocycles. The molecule has 0 aromatic carbocycles. The SMILES string of the molecule is CC=COCCCCCC(CC)OC=CC. The Labute approximate surface area is 100 Å². The van der Waals surface area contributed by atoms with Gasteiger partial charge >= 0.3 is 0 Å². The number of allylic oxidation sites excluding steroid dienone is 2. The largest absolute Gasteiger partial charge is 0.502 e. The molecule has 94 valence electrons. The lowest BCUT2D eigenvalue weighted by molar-refractivity contribution is 0.127. The van der Waals surface area contributed by atoms with Crippen molar-refractivity contribution in [1.29, 1.82) is 0 Å². The molecule has 0 amide bonds. The first-order chi connectivity index (χ1) is 7.85. The van der Waals surface area contributed by atoms with Crippen LogP contribution in [0.1, 0.15) is 52.9 Å². The van der Waals surface area contributed by atoms with Crippen LogP contribution in [0.4, 0.5) is 0 Å². The number of hydrogen-bond acceptors (Lipinski definition) is 2. The highest BCUT2D eigenvalue weighted by Gasteiger charge is 2.04. The average molecular weight is 226 g/mol. The maximum absolute atomic E-state index is 5.56. The van der Waals surface area contributed by atoms with E-state index in [-0.39, 0.29) is 0 Å². The van der Waals surface area contributed by atoms with Crippen molar-refractivity contribution in [3.05, 3.63) is 24.7 Å². The van der Waals surface area contributed by atoms with Gasteiger partial charge in [0.05, 0.1) is 25.2 Å². The Bertz CT molecular complexity index is 185. The Balaban J connectivity index is 3.33. The molecular formula is C14H26O2. The van der Waals surface area contributed by atoms with E-state index in [1.54, 1.807) is 12.5 Å². The van der Waals surface area contributed by atoms with Gasteiger partial charge in [-0.2, -0.15) is 0 Å². The van der Waals surface area contributed by atoms with Gasteiger partial charge in [-0.1, -0.05) is 19.1 Å². The van der Waals surface area contributed by atoms with E-state index < -0.39 is 0 Å². The number of unbranched alkanes of at least 4 members (excludes halogenated alkanes) is 2. The van der Waals surface area contributed by atoms with Crippen molar-refractivity contribution in [2.75, 3.05) is 6.61 Å². The number of rotatable bonds is 10. The summed E-state index contributed by atoms with van der Waals surface area (Å²) in [6.07, 6.45) is 13.6. The van der Waals surface area contributed by atoms with Gasteiger partial charge in [0.1, 0.15) is 0 Å². The third kappa shape index (κ3) is 9.63. The minimum absolute atomic E-state index is 0.382. The summed E-state index contributed by atoms with van der Waals surface area (Å²) >= 11 is 0. The molecule has 0 spiro atoms. The lowest BCUT2D eigenvalue weighted by Crippen LogP contribution is -2.07. The third-order valence-electron chi connectivity index (χ3n) is 2.38. The van der Waals surface area contributed by atoms with E-state index >= 15 is 0 Å². The fraction of sp³-hybridized carbons (Fsp3) is 0.714. The molecule has 0 aliphatic carbocycles. The van der Waals surface area contributed by atoms with Crippen molar-refractivity contribution in [3.63, 3.8) is 0 Å². The molecule has 0 N–H and O–H groups in total. The summed E-state index contributed by atoms with van der Waals surface area (Å²) in [7, 11) is 0. The van der Waals surface area contributed by atoms with Crippen molar-refractivity contribution >= 4 is 0 Å². The minimum Gasteiger partial charge on any atom is -0.502 e. The van der Waals surface area contributed by atoms with Gasteiger partial charge in [0.15, 0.2) is 0 Å². The molecule has 0 fully saturated rings. The van der Waals surface area contributed by atoms with Crippen LogP contribution < -0.4 is 0 Å². The molecule has 16 heavy (non-hydrogen) atoms. The molecule has 2 nitrogen and oxygen atoms in total. The predicted molar refractivity (Wildman–Crippen MR) is 69.2 cm³/mol. The minimum atomic E-state index is 0.382. The standard InChI is InChI=1S/C14H26O2/c1-4-11-15-13-9-7-8-10-14(6-3)16-12-5-2/h4-5,11-12,14H,6-10,13H2,1-3H3. The van der Waals surface area contributed by atoms with Crippen LogP contribution >= 0.6 is 0 Å². The van der Waals surface area contributed by atoms with Crippen LogP contribution in [0.5, 0.6) is 0 Å². The zero-order chi connectivity index (χ0) is 12.1. The van der Waals surface area contributed by atoms with Gasteiger partial charge in [-0.3, -0.25) is 0 Å². The van der Waals surface area contributed by atoms with Gasteiger partial charge in [0, 0.05) is 0 Å². The highest BCUT2D eigenvalue weighted by molar-refractivity contribution is 4.69. The highest BCUT2D eigenvalue weighted by Crippen LogP contribution is 2.10. The molecule has 0 saturated carbocycles. The van der Waals surface area contributed by atoms with E-state index in [1.165, 1.54) is 12.8 Å². The summed E-state index contributed by atoms with van der Waals surface area (Å²) in [4.78, 5) is 0. The van der Waals surface area contributed by atoms with E-state index in [1.807, 2.05) is 26.0 Å². The van der Waals surface area contributed by atoms with Crippen LogP contribution in [0.15, 0.2) is 24.7 Å². The van der Waals surface area contributed by atoms with Crippen molar-refractivity contribution in [2.45, 2.75) is 59.0 Å². The Hall–Kier alpha value is -0.920. The van der Waals surface area contributed by atoms with Gasteiger partial charge in [-0.15, -0.1) is 0 Å². The molecule has 0 aliphatic rings. The quantitative estimate of drug-likeness (QED) is 0.405. The van der Waals surface area contributed by atoms with Crippen LogP contribution in [0.25, 0.3) is 0 Å². The molecule has 0 rings (SSSR count). The van der Waals surface area contributed by atoms with E-state index in [9.17, 15) is 0 Å². The zero-order valence-electron chi connectivity index (χ0n) is 10.9. The summed E-state index contributed by atoms with van der Waals surface area (Å²) in [6.45, 7) is 6.94. The maximum atomic E-state index is 5.56. The lowest BCUT2D eigenvalue weighted by atomic mass is 10.1. The second kappa shape index (κ2) is 12.2. The fourth-order valence-corrected chi connectivity index (χ4v) is 1.46. The van der Waals surface area contributed by atoms with E-state index in [0.717, 1.165) is 25.9 Å². The predicted octanol–water partition coefficient (Wildman–Crippen LogP) is 4.43. The topological polar surface area (TPSA) is 18.5 Å². The molecule has 0 radical (unpaired) electrons. The van der Waals surface area contributed by atoms with Gasteiger partial charge in [0.25, 0.3) is 0 Å². The maximum Gasteiger partial charge on any atom is 0.0975 e. The number of hydrogen-bond donors (Lipinski definition) is 0. The summed E-state index contributed by atoms with van der Waals surface area (Å²) in [5.41, 5.74) is 0. The second-order valence-electron chi connectivity index (χ2n) is 3.83. The van der Waals surface area contributed by atoms with Gasteiger partial charge in [0.2, 0.25) is 0 Å². The molecule has 1 unspecified atom stereocenters. The first-order valence-electron chi connectivity index (χ1n) is 6.34. The van der Waals surface area contributed by atoms with Gasteiger partial charge < -0.3 is 9.47 Å². The van der Waals surface area contributed by atoms with Crippen LogP contribution in [0.2, 0.25) is 0 Å². The lowest BCUT2D eigenvalue weighted by Gasteiger charge is -2.14. The van der Waals surface area contributed by atoms with Crippen molar-refractivity contribution in [1.82, 2.24) is 0 Å². The molecule has 1 atom stereocenters. The molecular weight excluding hydrogens is 200 g/mol. The summed E-state index contributed by atoms with van der Waals surface area (Å²) in [5.74, 6) is 0. The molecule has 0 saturated heterocycles. The summed E-state index contributed by atoms with van der Waals surface area (Å²) in [6, 6.07) is 0. The highest BCUT2D eigenvalue weighted by atomic mass is 16.5. The normalized spacial score (nSPS) is 13.4. The fourth-order valence-electron chi connectivity index (χ4n) is 1.46. The molecule has 0 bridgehead atoms. The monoisotopic (exact) mass is 226 g/mol. The van der Waals surface area contributed by atoms with Gasteiger partial charge in [-0.25, -0.2) is 0 Å². The first-order valence-corrected chi connectivity index (χ1v) is 6.34. The average Bonchev–Trinajstić information content (AvgIpc) is 2.32. The molecule has 0 aliphatic heterocycles. The van der Waals surface area contributed by atoms with E-state index in [2.05, 4.69) is 6.92 Å². The van der Waals surface area contributed by atoms with E-state index in [0.29, 0.717) is 6.10 Å². The summed E-state index contributed by atoms with van der Waals surface area (Å²) in [5, 5.41) is 0. The summed E-state index contributed by atoms with van der Waals surface area (Å²) < 4.78 is 10.8.